The molecular weight excluding hydrogens is 148 g/mol. The molecule has 0 radical (unpaired) electrons. The molecule has 0 aromatic heterocycles. The Balaban J connectivity index is 4.01. The van der Waals surface area contributed by atoms with E-state index in [1.54, 1.807) is 0 Å². The van der Waals surface area contributed by atoms with E-state index in [-0.39, 0.29) is 12.0 Å². The van der Waals surface area contributed by atoms with E-state index in [4.69, 9.17) is 5.11 Å². The third-order valence-electron chi connectivity index (χ3n) is 1.13. The normalized spacial score (nSPS) is 9.18. The van der Waals surface area contributed by atoms with Crippen molar-refractivity contribution in [3.05, 3.63) is 12.2 Å². The second kappa shape index (κ2) is 4.38. The Morgan fingerprint density at radius 3 is 2.18 bits per heavy atom. The van der Waals surface area contributed by atoms with E-state index in [9.17, 15) is 14.4 Å². The Morgan fingerprint density at radius 2 is 1.91 bits per heavy atom. The summed E-state index contributed by atoms with van der Waals surface area (Å²) in [7, 11) is 0. The molecular formula is C7H8O4. The molecule has 0 rings (SSSR count). The average Bonchev–Trinajstić information content (AvgIpc) is 1.99. The topological polar surface area (TPSA) is 71.4 Å². The highest BCUT2D eigenvalue weighted by Gasteiger charge is 2.11. The third kappa shape index (κ3) is 3.30. The van der Waals surface area contributed by atoms with Crippen LogP contribution in [-0.4, -0.2) is 23.6 Å². The molecule has 0 aliphatic rings. The lowest BCUT2D eigenvalue weighted by Crippen LogP contribution is -2.09. The molecule has 0 bridgehead atoms. The lowest BCUT2D eigenvalue weighted by Gasteiger charge is -1.99. The van der Waals surface area contributed by atoms with E-state index in [1.165, 1.54) is 0 Å². The van der Waals surface area contributed by atoms with Gasteiger partial charge in [-0.3, -0.25) is 0 Å². The van der Waals surface area contributed by atoms with Crippen molar-refractivity contribution in [2.75, 3.05) is 0 Å². The predicted octanol–water partition coefficient (Wildman–Crippen LogP) is 0.0313. The van der Waals surface area contributed by atoms with Gasteiger partial charge in [0, 0.05) is 5.57 Å². The van der Waals surface area contributed by atoms with Crippen LogP contribution in [0.15, 0.2) is 12.2 Å². The van der Waals surface area contributed by atoms with Gasteiger partial charge in [-0.2, -0.15) is 0 Å². The minimum Gasteiger partial charge on any atom is -0.478 e. The molecule has 0 aliphatic carbocycles. The summed E-state index contributed by atoms with van der Waals surface area (Å²) < 4.78 is 0. The largest absolute Gasteiger partial charge is 0.478 e. The zero-order valence-electron chi connectivity index (χ0n) is 5.82. The van der Waals surface area contributed by atoms with Gasteiger partial charge in [0.15, 0.2) is 0 Å². The monoisotopic (exact) mass is 156 g/mol. The van der Waals surface area contributed by atoms with Crippen molar-refractivity contribution in [1.82, 2.24) is 0 Å². The van der Waals surface area contributed by atoms with Crippen molar-refractivity contribution in [3.8, 4) is 0 Å². The molecule has 0 saturated heterocycles. The van der Waals surface area contributed by atoms with Crippen LogP contribution in [0.5, 0.6) is 0 Å². The van der Waals surface area contributed by atoms with Crippen LogP contribution in [0, 0.1) is 5.92 Å². The fraction of sp³-hybridized carbons (Fsp3) is 0.286. The second-order valence-corrected chi connectivity index (χ2v) is 2.05. The summed E-state index contributed by atoms with van der Waals surface area (Å²) >= 11 is 0. The number of carboxylic acids is 1. The minimum absolute atomic E-state index is 0.109. The number of aldehydes is 2. The van der Waals surface area contributed by atoms with Gasteiger partial charge >= 0.3 is 5.97 Å². The number of carboxylic acid groups (broad SMARTS) is 1. The summed E-state index contributed by atoms with van der Waals surface area (Å²) in [6.07, 6.45) is 0.699. The Bertz CT molecular complexity index is 187. The first kappa shape index (κ1) is 9.55. The average molecular weight is 156 g/mol. The molecule has 4 heteroatoms. The Morgan fingerprint density at radius 1 is 1.45 bits per heavy atom. The molecule has 0 atom stereocenters. The van der Waals surface area contributed by atoms with Gasteiger partial charge in [-0.15, -0.1) is 0 Å². The molecule has 1 N–H and O–H groups in total. The first-order chi connectivity index (χ1) is 5.11. The van der Waals surface area contributed by atoms with E-state index < -0.39 is 11.9 Å². The lowest BCUT2D eigenvalue weighted by molar-refractivity contribution is -0.132. The van der Waals surface area contributed by atoms with Gasteiger partial charge in [-0.25, -0.2) is 4.79 Å². The lowest BCUT2D eigenvalue weighted by atomic mass is 10.0. The van der Waals surface area contributed by atoms with Gasteiger partial charge in [0.05, 0.1) is 5.92 Å². The maximum atomic E-state index is 10.1. The summed E-state index contributed by atoms with van der Waals surface area (Å²) in [5.41, 5.74) is -0.130. The van der Waals surface area contributed by atoms with Crippen LogP contribution in [0.2, 0.25) is 0 Å². The van der Waals surface area contributed by atoms with E-state index in [0.29, 0.717) is 12.6 Å². The summed E-state index contributed by atoms with van der Waals surface area (Å²) in [6.45, 7) is 3.17. The van der Waals surface area contributed by atoms with Gasteiger partial charge in [-0.1, -0.05) is 6.58 Å². The number of carbonyl (C=O) groups is 3. The summed E-state index contributed by atoms with van der Waals surface area (Å²) in [5.74, 6) is -2.06. The molecule has 0 unspecified atom stereocenters. The highest BCUT2D eigenvalue weighted by molar-refractivity contribution is 5.88. The molecule has 60 valence electrons. The fourth-order valence-corrected chi connectivity index (χ4v) is 0.500. The van der Waals surface area contributed by atoms with Crippen LogP contribution < -0.4 is 0 Å². The summed E-state index contributed by atoms with van der Waals surface area (Å²) in [6, 6.07) is 0. The first-order valence-electron chi connectivity index (χ1n) is 2.93. The number of rotatable bonds is 5. The van der Waals surface area contributed by atoms with Crippen molar-refractivity contribution in [3.63, 3.8) is 0 Å². The quantitative estimate of drug-likeness (QED) is 0.346. The van der Waals surface area contributed by atoms with Gasteiger partial charge in [-0.05, 0) is 6.42 Å². The molecule has 0 spiro atoms. The Kier molecular flexibility index (Phi) is 3.80. The van der Waals surface area contributed by atoms with Gasteiger partial charge in [0.2, 0.25) is 0 Å². The maximum absolute atomic E-state index is 10.1. The smallest absolute Gasteiger partial charge is 0.330 e. The molecule has 0 aliphatic heterocycles. The molecule has 11 heavy (non-hydrogen) atoms. The van der Waals surface area contributed by atoms with Crippen molar-refractivity contribution >= 4 is 18.5 Å². The number of hydrogen-bond donors (Lipinski definition) is 1. The fourth-order valence-electron chi connectivity index (χ4n) is 0.500. The minimum atomic E-state index is -1.18. The van der Waals surface area contributed by atoms with Crippen LogP contribution in [0.3, 0.4) is 0 Å². The molecule has 0 saturated carbocycles. The van der Waals surface area contributed by atoms with Crippen molar-refractivity contribution in [1.29, 1.82) is 0 Å². The zero-order chi connectivity index (χ0) is 8.85. The highest BCUT2D eigenvalue weighted by Crippen LogP contribution is 2.05. The zero-order valence-corrected chi connectivity index (χ0v) is 5.82. The number of hydrogen-bond acceptors (Lipinski definition) is 3. The molecule has 0 amide bonds. The second-order valence-electron chi connectivity index (χ2n) is 2.05. The van der Waals surface area contributed by atoms with Crippen molar-refractivity contribution in [2.45, 2.75) is 6.42 Å². The van der Waals surface area contributed by atoms with E-state index in [0.717, 1.165) is 0 Å². The van der Waals surface area contributed by atoms with Crippen molar-refractivity contribution < 1.29 is 19.5 Å². The number of aliphatic carboxylic acids is 1. The third-order valence-corrected chi connectivity index (χ3v) is 1.13. The van der Waals surface area contributed by atoms with Crippen LogP contribution in [-0.2, 0) is 14.4 Å². The van der Waals surface area contributed by atoms with Gasteiger partial charge in [0.25, 0.3) is 0 Å². The van der Waals surface area contributed by atoms with Crippen LogP contribution in [0.25, 0.3) is 0 Å². The predicted molar refractivity (Wildman–Crippen MR) is 37.0 cm³/mol. The number of carbonyl (C=O) groups excluding carboxylic acids is 2. The molecule has 0 fully saturated rings. The Hall–Kier alpha value is -1.45. The highest BCUT2D eigenvalue weighted by atomic mass is 16.4. The van der Waals surface area contributed by atoms with E-state index in [2.05, 4.69) is 6.58 Å². The maximum Gasteiger partial charge on any atom is 0.330 e. The summed E-state index contributed by atoms with van der Waals surface area (Å²) in [4.78, 5) is 30.2. The Labute approximate surface area is 63.5 Å². The molecule has 0 aromatic carbocycles. The van der Waals surface area contributed by atoms with Crippen molar-refractivity contribution in [2.24, 2.45) is 5.92 Å². The van der Waals surface area contributed by atoms with Gasteiger partial charge in [0.1, 0.15) is 12.6 Å². The molecule has 4 nitrogen and oxygen atoms in total. The SMILES string of the molecule is C=C(CC(C=O)C=O)C(=O)O. The van der Waals surface area contributed by atoms with E-state index in [1.807, 2.05) is 0 Å². The summed E-state index contributed by atoms with van der Waals surface area (Å²) in [5, 5.41) is 8.29. The van der Waals surface area contributed by atoms with Gasteiger partial charge < -0.3 is 14.7 Å². The van der Waals surface area contributed by atoms with Crippen LogP contribution >= 0.6 is 0 Å². The first-order valence-corrected chi connectivity index (χ1v) is 2.93. The van der Waals surface area contributed by atoms with Crippen LogP contribution in [0.1, 0.15) is 6.42 Å². The van der Waals surface area contributed by atoms with Crippen LogP contribution in [0.4, 0.5) is 0 Å². The molecule has 0 heterocycles. The standard InChI is InChI=1S/C7H8O4/c1-5(7(10)11)2-6(3-8)4-9/h3-4,6H,1-2H2,(H,10,11). The van der Waals surface area contributed by atoms with E-state index >= 15 is 0 Å². The molecule has 0 aromatic rings.